The number of alkyl halides is 3. The number of carboxylic acids is 1. The number of ether oxygens (including phenoxy) is 1. The van der Waals surface area contributed by atoms with E-state index in [0.29, 0.717) is 19.7 Å². The molecular weight excluding hydrogens is 455 g/mol. The number of piperidine rings is 1. The molecule has 3 heterocycles. The number of hydrogen-bond donors (Lipinski definition) is 1. The minimum absolute atomic E-state index is 0.0742. The van der Waals surface area contributed by atoms with Crippen LogP contribution in [0.2, 0.25) is 0 Å². The maximum atomic E-state index is 13.1. The van der Waals surface area contributed by atoms with Gasteiger partial charge in [-0.15, -0.1) is 5.10 Å². The summed E-state index contributed by atoms with van der Waals surface area (Å²) >= 11 is 0. The molecule has 1 amide bonds. The average Bonchev–Trinajstić information content (AvgIpc) is 3.27. The summed E-state index contributed by atoms with van der Waals surface area (Å²) in [4.78, 5) is 28.3. The predicted molar refractivity (Wildman–Crippen MR) is 115 cm³/mol. The van der Waals surface area contributed by atoms with Gasteiger partial charge in [0.2, 0.25) is 0 Å². The third-order valence-corrected chi connectivity index (χ3v) is 5.35. The molecule has 9 nitrogen and oxygen atoms in total. The van der Waals surface area contributed by atoms with Crippen molar-refractivity contribution in [3.63, 3.8) is 0 Å². The van der Waals surface area contributed by atoms with Gasteiger partial charge in [0.15, 0.2) is 0 Å². The number of carbonyl (C=O) groups excluding carboxylic acids is 1. The van der Waals surface area contributed by atoms with Crippen molar-refractivity contribution in [1.82, 2.24) is 24.9 Å². The van der Waals surface area contributed by atoms with E-state index >= 15 is 0 Å². The third kappa shape index (κ3) is 6.07. The van der Waals surface area contributed by atoms with E-state index in [1.54, 1.807) is 13.3 Å². The minimum Gasteiger partial charge on any atom is -0.475 e. The lowest BCUT2D eigenvalue weighted by atomic mass is 10.0. The highest BCUT2D eigenvalue weighted by Gasteiger charge is 2.38. The molecule has 1 aliphatic heterocycles. The van der Waals surface area contributed by atoms with Crippen molar-refractivity contribution in [2.75, 3.05) is 20.2 Å². The highest BCUT2D eigenvalue weighted by Crippen LogP contribution is 2.25. The van der Waals surface area contributed by atoms with E-state index in [1.807, 2.05) is 47.0 Å². The molecule has 0 atom stereocenters. The fourth-order valence-corrected chi connectivity index (χ4v) is 3.66. The van der Waals surface area contributed by atoms with E-state index < -0.39 is 12.1 Å². The molecule has 182 valence electrons. The maximum Gasteiger partial charge on any atom is 0.490 e. The van der Waals surface area contributed by atoms with Gasteiger partial charge < -0.3 is 14.7 Å². The molecule has 1 saturated heterocycles. The van der Waals surface area contributed by atoms with Crippen LogP contribution in [0, 0.1) is 6.92 Å². The van der Waals surface area contributed by atoms with Crippen LogP contribution in [0.25, 0.3) is 10.9 Å². The zero-order chi connectivity index (χ0) is 24.9. The predicted octanol–water partition coefficient (Wildman–Crippen LogP) is 3.39. The van der Waals surface area contributed by atoms with E-state index in [-0.39, 0.29) is 11.9 Å². The van der Waals surface area contributed by atoms with E-state index in [2.05, 4.69) is 15.3 Å². The molecule has 3 aromatic rings. The summed E-state index contributed by atoms with van der Waals surface area (Å²) in [5.74, 6) is -2.68. The highest BCUT2D eigenvalue weighted by molar-refractivity contribution is 6.06. The Labute approximate surface area is 193 Å². The zero-order valence-electron chi connectivity index (χ0n) is 18.6. The molecule has 0 radical (unpaired) electrons. The number of carboxylic acid groups (broad SMARTS) is 1. The van der Waals surface area contributed by atoms with Crippen LogP contribution >= 0.6 is 0 Å². The Kier molecular flexibility index (Phi) is 7.82. The van der Waals surface area contributed by atoms with E-state index in [4.69, 9.17) is 14.6 Å². The first-order valence-corrected chi connectivity index (χ1v) is 10.4. The molecule has 1 aliphatic rings. The lowest BCUT2D eigenvalue weighted by Gasteiger charge is -2.32. The topological polar surface area (TPSA) is 110 Å². The second-order valence-corrected chi connectivity index (χ2v) is 7.83. The number of rotatable bonds is 4. The molecule has 34 heavy (non-hydrogen) atoms. The number of benzene rings is 1. The van der Waals surface area contributed by atoms with Crippen molar-refractivity contribution in [3.8, 4) is 0 Å². The number of aromatic nitrogens is 4. The number of nitrogens with zero attached hydrogens (tertiary/aromatic N) is 5. The first-order valence-electron chi connectivity index (χ1n) is 10.4. The number of methoxy groups -OCH3 is 1. The van der Waals surface area contributed by atoms with Gasteiger partial charge >= 0.3 is 12.1 Å². The Morgan fingerprint density at radius 2 is 1.88 bits per heavy atom. The van der Waals surface area contributed by atoms with Crippen LogP contribution in [0.1, 0.15) is 40.5 Å². The summed E-state index contributed by atoms with van der Waals surface area (Å²) in [5.41, 5.74) is 3.54. The molecule has 4 rings (SSSR count). The van der Waals surface area contributed by atoms with Gasteiger partial charge in [-0.05, 0) is 38.0 Å². The van der Waals surface area contributed by atoms with Crippen molar-refractivity contribution in [1.29, 1.82) is 0 Å². The lowest BCUT2D eigenvalue weighted by Crippen LogP contribution is -2.39. The van der Waals surface area contributed by atoms with Crippen LogP contribution in [0.5, 0.6) is 0 Å². The summed E-state index contributed by atoms with van der Waals surface area (Å²) in [5, 5.41) is 16.4. The second-order valence-electron chi connectivity index (χ2n) is 7.83. The number of carbonyl (C=O) groups is 2. The Bertz CT molecular complexity index is 1160. The molecule has 0 aliphatic carbocycles. The van der Waals surface area contributed by atoms with Crippen molar-refractivity contribution < 1.29 is 32.6 Å². The van der Waals surface area contributed by atoms with Crippen molar-refractivity contribution in [2.45, 2.75) is 38.6 Å². The number of halogens is 3. The molecule has 0 spiro atoms. The van der Waals surface area contributed by atoms with Gasteiger partial charge in [0.1, 0.15) is 5.69 Å². The number of likely N-dealkylation sites (tertiary alicyclic amines) is 1. The molecule has 0 saturated carbocycles. The van der Waals surface area contributed by atoms with Gasteiger partial charge in [-0.2, -0.15) is 13.2 Å². The Hall–Kier alpha value is -3.54. The van der Waals surface area contributed by atoms with Gasteiger partial charge in [0.05, 0.1) is 29.9 Å². The Morgan fingerprint density at radius 3 is 2.50 bits per heavy atom. The molecule has 1 aromatic carbocycles. The first-order chi connectivity index (χ1) is 16.1. The molecular formula is C22H24F3N5O4. The maximum absolute atomic E-state index is 13.1. The molecule has 1 N–H and O–H groups in total. The van der Waals surface area contributed by atoms with Crippen molar-refractivity contribution in [2.24, 2.45) is 0 Å². The normalized spacial score (nSPS) is 14.6. The summed E-state index contributed by atoms with van der Waals surface area (Å²) < 4.78 is 38.7. The zero-order valence-corrected chi connectivity index (χ0v) is 18.6. The summed E-state index contributed by atoms with van der Waals surface area (Å²) in [6, 6.07) is 8.12. The quantitative estimate of drug-likeness (QED) is 0.611. The minimum atomic E-state index is -5.08. The Morgan fingerprint density at radius 1 is 1.21 bits per heavy atom. The highest BCUT2D eigenvalue weighted by atomic mass is 19.4. The fourth-order valence-electron chi connectivity index (χ4n) is 3.66. The molecule has 0 unspecified atom stereocenters. The van der Waals surface area contributed by atoms with E-state index in [0.717, 1.165) is 40.6 Å². The molecule has 2 aromatic heterocycles. The number of aryl methyl sites for hydroxylation is 1. The number of amides is 1. The van der Waals surface area contributed by atoms with Crippen LogP contribution in [-0.4, -0.2) is 68.2 Å². The summed E-state index contributed by atoms with van der Waals surface area (Å²) in [6.45, 7) is 3.91. The lowest BCUT2D eigenvalue weighted by molar-refractivity contribution is -0.192. The standard InChI is InChI=1S/C20H23N5O2.C2HF3O2/c1-14-3-4-19-18(11-14)17(5-8-21-19)20(26)24-9-6-16(7-10-24)25-12-15(13-27-2)22-23-25;3-2(4,5)1(6)7/h3-5,8,11-12,16H,6-7,9-10,13H2,1-2H3;(H,6,7). The Balaban J connectivity index is 0.000000406. The fraction of sp³-hybridized carbons (Fsp3) is 0.409. The van der Waals surface area contributed by atoms with Crippen LogP contribution in [0.4, 0.5) is 13.2 Å². The van der Waals surface area contributed by atoms with Gasteiger partial charge in [-0.1, -0.05) is 16.8 Å². The monoisotopic (exact) mass is 479 g/mol. The van der Waals surface area contributed by atoms with Crippen LogP contribution in [0.15, 0.2) is 36.7 Å². The van der Waals surface area contributed by atoms with Gasteiger partial charge in [0, 0.05) is 31.8 Å². The SMILES string of the molecule is COCc1cn(C2CCN(C(=O)c3ccnc4ccc(C)cc34)CC2)nn1.O=C(O)C(F)(F)F. The molecule has 0 bridgehead atoms. The molecule has 1 fully saturated rings. The van der Waals surface area contributed by atoms with E-state index in [1.165, 1.54) is 0 Å². The van der Waals surface area contributed by atoms with Crippen LogP contribution in [-0.2, 0) is 16.1 Å². The van der Waals surface area contributed by atoms with Crippen molar-refractivity contribution >= 4 is 22.8 Å². The number of pyridine rings is 1. The number of fused-ring (bicyclic) bond motifs is 1. The smallest absolute Gasteiger partial charge is 0.475 e. The van der Waals surface area contributed by atoms with Crippen LogP contribution in [0.3, 0.4) is 0 Å². The van der Waals surface area contributed by atoms with Gasteiger partial charge in [-0.3, -0.25) is 9.78 Å². The van der Waals surface area contributed by atoms with Gasteiger partial charge in [0.25, 0.3) is 5.91 Å². The number of aliphatic carboxylic acids is 1. The average molecular weight is 479 g/mol. The second kappa shape index (κ2) is 10.6. The van der Waals surface area contributed by atoms with Crippen LogP contribution < -0.4 is 0 Å². The van der Waals surface area contributed by atoms with Crippen molar-refractivity contribution in [3.05, 3.63) is 53.5 Å². The third-order valence-electron chi connectivity index (χ3n) is 5.35. The van der Waals surface area contributed by atoms with E-state index in [9.17, 15) is 18.0 Å². The molecule has 12 heteroatoms. The summed E-state index contributed by atoms with van der Waals surface area (Å²) in [6.07, 6.45) is 0.294. The number of hydrogen-bond acceptors (Lipinski definition) is 6. The van der Waals surface area contributed by atoms with Gasteiger partial charge in [-0.25, -0.2) is 9.48 Å². The summed E-state index contributed by atoms with van der Waals surface area (Å²) in [7, 11) is 1.65. The largest absolute Gasteiger partial charge is 0.490 e. The first kappa shape index (κ1) is 25.1.